The summed E-state index contributed by atoms with van der Waals surface area (Å²) >= 11 is 0. The summed E-state index contributed by atoms with van der Waals surface area (Å²) in [4.78, 5) is 7.32. The average molecular weight is 253 g/mol. The minimum Gasteiger partial charge on any atom is -0.377 e. The second-order valence-corrected chi connectivity index (χ2v) is 4.63. The molecule has 0 spiro atoms. The smallest absolute Gasteiger partial charge is 0.106 e. The van der Waals surface area contributed by atoms with Gasteiger partial charge in [0, 0.05) is 38.6 Å². The van der Waals surface area contributed by atoms with Gasteiger partial charge in [0.1, 0.15) is 5.82 Å². The monoisotopic (exact) mass is 253 g/mol. The van der Waals surface area contributed by atoms with Crippen LogP contribution in [-0.2, 0) is 15.9 Å². The van der Waals surface area contributed by atoms with E-state index in [-0.39, 0.29) is 12.2 Å². The van der Waals surface area contributed by atoms with Crippen LogP contribution in [0.4, 0.5) is 0 Å². The van der Waals surface area contributed by atoms with Gasteiger partial charge in [-0.15, -0.1) is 0 Å². The van der Waals surface area contributed by atoms with E-state index in [1.54, 1.807) is 13.3 Å². The molecule has 1 aromatic heterocycles. The lowest BCUT2D eigenvalue weighted by molar-refractivity contribution is -0.131. The minimum atomic E-state index is 0.202. The zero-order chi connectivity index (χ0) is 12.8. The lowest BCUT2D eigenvalue weighted by atomic mass is 9.85. The molecule has 102 valence electrons. The quantitative estimate of drug-likeness (QED) is 0.682. The largest absolute Gasteiger partial charge is 0.377 e. The molecule has 0 amide bonds. The molecule has 0 saturated heterocycles. The molecule has 0 bridgehead atoms. The Kier molecular flexibility index (Phi) is 5.16. The Labute approximate surface area is 108 Å². The Hall–Kier alpha value is -0.910. The molecule has 1 aromatic rings. The highest BCUT2D eigenvalue weighted by Crippen LogP contribution is 2.26. The molecule has 18 heavy (non-hydrogen) atoms. The third-order valence-electron chi connectivity index (χ3n) is 3.45. The number of ether oxygens (including phenoxy) is 2. The summed E-state index contributed by atoms with van der Waals surface area (Å²) in [6.07, 6.45) is 7.24. The number of hydrogen-bond acceptors (Lipinski definition) is 4. The van der Waals surface area contributed by atoms with Crippen molar-refractivity contribution in [3.05, 3.63) is 18.2 Å². The van der Waals surface area contributed by atoms with Crippen molar-refractivity contribution < 1.29 is 9.47 Å². The molecule has 2 N–H and O–H groups in total. The molecule has 0 aliphatic heterocycles. The fourth-order valence-electron chi connectivity index (χ4n) is 2.45. The van der Waals surface area contributed by atoms with Gasteiger partial charge < -0.3 is 19.8 Å². The number of rotatable bonds is 8. The van der Waals surface area contributed by atoms with Gasteiger partial charge in [-0.2, -0.15) is 0 Å². The molecule has 1 aliphatic rings. The number of nitrogens with one attached hydrogen (secondary N) is 2. The van der Waals surface area contributed by atoms with E-state index in [4.69, 9.17) is 9.47 Å². The Bertz CT molecular complexity index is 329. The molecular weight excluding hydrogens is 230 g/mol. The summed E-state index contributed by atoms with van der Waals surface area (Å²) < 4.78 is 11.1. The van der Waals surface area contributed by atoms with Crippen LogP contribution in [0, 0.1) is 0 Å². The van der Waals surface area contributed by atoms with Crippen LogP contribution in [0.3, 0.4) is 0 Å². The highest BCUT2D eigenvalue weighted by Gasteiger charge is 2.41. The van der Waals surface area contributed by atoms with E-state index >= 15 is 0 Å². The summed E-state index contributed by atoms with van der Waals surface area (Å²) in [5.41, 5.74) is 0. The van der Waals surface area contributed by atoms with Crippen molar-refractivity contribution in [3.63, 3.8) is 0 Å². The molecule has 1 fully saturated rings. The third-order valence-corrected chi connectivity index (χ3v) is 3.45. The summed E-state index contributed by atoms with van der Waals surface area (Å²) in [6.45, 7) is 3.77. The molecule has 5 nitrogen and oxygen atoms in total. The van der Waals surface area contributed by atoms with Crippen molar-refractivity contribution in [1.29, 1.82) is 0 Å². The topological polar surface area (TPSA) is 59.2 Å². The highest BCUT2D eigenvalue weighted by atomic mass is 16.5. The maximum Gasteiger partial charge on any atom is 0.106 e. The predicted molar refractivity (Wildman–Crippen MR) is 69.5 cm³/mol. The van der Waals surface area contributed by atoms with Gasteiger partial charge in [-0.1, -0.05) is 0 Å². The number of H-pyrrole nitrogens is 1. The first-order chi connectivity index (χ1) is 8.85. The first-order valence-electron chi connectivity index (χ1n) is 6.71. The molecule has 2 rings (SSSR count). The summed E-state index contributed by atoms with van der Waals surface area (Å²) in [5.74, 6) is 1.06. The predicted octanol–water partition coefficient (Wildman–Crippen LogP) is 1.12. The number of hydrogen-bond donors (Lipinski definition) is 2. The van der Waals surface area contributed by atoms with Crippen molar-refractivity contribution in [2.75, 3.05) is 20.3 Å². The van der Waals surface area contributed by atoms with Crippen molar-refractivity contribution in [1.82, 2.24) is 15.3 Å². The maximum atomic E-state index is 5.60. The molecule has 0 radical (unpaired) electrons. The van der Waals surface area contributed by atoms with E-state index < -0.39 is 0 Å². The summed E-state index contributed by atoms with van der Waals surface area (Å²) in [6, 6.07) is 0.433. The van der Waals surface area contributed by atoms with Gasteiger partial charge in [0.25, 0.3) is 0 Å². The standard InChI is InChI=1S/C13H23N3O2/c1-3-18-11-9-10(13(11)17-2)14-6-4-5-12-15-7-8-16-12/h7-8,10-11,13-14H,3-6,9H2,1-2H3,(H,15,16). The van der Waals surface area contributed by atoms with Gasteiger partial charge in [-0.25, -0.2) is 4.98 Å². The van der Waals surface area contributed by atoms with E-state index in [1.165, 1.54) is 0 Å². The number of nitrogens with zero attached hydrogens (tertiary/aromatic N) is 1. The van der Waals surface area contributed by atoms with E-state index in [0.29, 0.717) is 6.04 Å². The zero-order valence-corrected chi connectivity index (χ0v) is 11.2. The van der Waals surface area contributed by atoms with Crippen LogP contribution in [0.1, 0.15) is 25.6 Å². The summed E-state index contributed by atoms with van der Waals surface area (Å²) in [7, 11) is 1.76. The van der Waals surface area contributed by atoms with Gasteiger partial charge in [0.2, 0.25) is 0 Å². The van der Waals surface area contributed by atoms with Crippen LogP contribution >= 0.6 is 0 Å². The molecule has 1 aliphatic carbocycles. The first-order valence-corrected chi connectivity index (χ1v) is 6.71. The zero-order valence-electron chi connectivity index (χ0n) is 11.2. The normalized spacial score (nSPS) is 27.1. The van der Waals surface area contributed by atoms with Crippen LogP contribution in [0.5, 0.6) is 0 Å². The first kappa shape index (κ1) is 13.5. The molecule has 1 saturated carbocycles. The molecule has 0 aromatic carbocycles. The van der Waals surface area contributed by atoms with Gasteiger partial charge in [-0.3, -0.25) is 0 Å². The third kappa shape index (κ3) is 3.31. The number of methoxy groups -OCH3 is 1. The molecule has 1 heterocycles. The maximum absolute atomic E-state index is 5.60. The van der Waals surface area contributed by atoms with E-state index in [1.807, 2.05) is 13.1 Å². The van der Waals surface area contributed by atoms with Crippen LogP contribution in [-0.4, -0.2) is 48.5 Å². The Morgan fingerprint density at radius 3 is 3.11 bits per heavy atom. The Balaban J connectivity index is 1.60. The lowest BCUT2D eigenvalue weighted by Crippen LogP contribution is -2.59. The molecule has 3 atom stereocenters. The van der Waals surface area contributed by atoms with Gasteiger partial charge in [0.05, 0.1) is 12.2 Å². The average Bonchev–Trinajstić information content (AvgIpc) is 2.85. The second kappa shape index (κ2) is 6.87. The van der Waals surface area contributed by atoms with Gasteiger partial charge >= 0.3 is 0 Å². The van der Waals surface area contributed by atoms with E-state index in [9.17, 15) is 0 Å². The summed E-state index contributed by atoms with van der Waals surface area (Å²) in [5, 5.41) is 3.52. The van der Waals surface area contributed by atoms with E-state index in [2.05, 4.69) is 15.3 Å². The number of aromatic nitrogens is 2. The molecular formula is C13H23N3O2. The highest BCUT2D eigenvalue weighted by molar-refractivity contribution is 4.97. The second-order valence-electron chi connectivity index (χ2n) is 4.63. The lowest BCUT2D eigenvalue weighted by Gasteiger charge is -2.43. The van der Waals surface area contributed by atoms with Crippen LogP contribution in [0.25, 0.3) is 0 Å². The van der Waals surface area contributed by atoms with Crippen molar-refractivity contribution in [3.8, 4) is 0 Å². The van der Waals surface area contributed by atoms with Crippen molar-refractivity contribution >= 4 is 0 Å². The van der Waals surface area contributed by atoms with Crippen molar-refractivity contribution in [2.24, 2.45) is 0 Å². The van der Waals surface area contributed by atoms with Crippen LogP contribution in [0.2, 0.25) is 0 Å². The van der Waals surface area contributed by atoms with Crippen LogP contribution in [0.15, 0.2) is 12.4 Å². The fourth-order valence-corrected chi connectivity index (χ4v) is 2.45. The van der Waals surface area contributed by atoms with Gasteiger partial charge in [0.15, 0.2) is 0 Å². The molecule has 3 unspecified atom stereocenters. The number of aromatic amines is 1. The van der Waals surface area contributed by atoms with Gasteiger partial charge in [-0.05, 0) is 26.3 Å². The molecule has 5 heteroatoms. The SMILES string of the molecule is CCOC1CC(NCCCc2ncc[nH]2)C1OC. The minimum absolute atomic E-state index is 0.202. The van der Waals surface area contributed by atoms with E-state index in [0.717, 1.165) is 38.2 Å². The number of aryl methyl sites for hydroxylation is 1. The Morgan fingerprint density at radius 1 is 1.56 bits per heavy atom. The Morgan fingerprint density at radius 2 is 2.44 bits per heavy atom. The van der Waals surface area contributed by atoms with Crippen molar-refractivity contribution in [2.45, 2.75) is 44.4 Å². The number of imidazole rings is 1. The van der Waals surface area contributed by atoms with Crippen LogP contribution < -0.4 is 5.32 Å². The fraction of sp³-hybridized carbons (Fsp3) is 0.769.